The fourth-order valence-corrected chi connectivity index (χ4v) is 1.94. The van der Waals surface area contributed by atoms with E-state index in [1.807, 2.05) is 0 Å². The van der Waals surface area contributed by atoms with Gasteiger partial charge < -0.3 is 4.90 Å². The molecule has 2 rings (SSSR count). The van der Waals surface area contributed by atoms with Crippen molar-refractivity contribution in [2.75, 3.05) is 18.0 Å². The molecule has 0 bridgehead atoms. The summed E-state index contributed by atoms with van der Waals surface area (Å²) >= 11 is 0. The van der Waals surface area contributed by atoms with E-state index in [9.17, 15) is 18.0 Å². The minimum Gasteiger partial charge on any atom is -0.341 e. The summed E-state index contributed by atoms with van der Waals surface area (Å²) in [6.45, 7) is 1.30. The van der Waals surface area contributed by atoms with Gasteiger partial charge in [0.05, 0.1) is 5.56 Å². The Kier molecular flexibility index (Phi) is 3.49. The second kappa shape index (κ2) is 4.91. The Hall–Kier alpha value is -1.66. The Bertz CT molecular complexity index is 442. The number of aromatic nitrogens is 2. The van der Waals surface area contributed by atoms with Crippen LogP contribution in [-0.2, 0) is 6.18 Å². The van der Waals surface area contributed by atoms with Crippen LogP contribution in [0.25, 0.3) is 0 Å². The summed E-state index contributed by atoms with van der Waals surface area (Å²) in [6.07, 6.45) is -0.672. The van der Waals surface area contributed by atoms with Crippen molar-refractivity contribution in [2.24, 2.45) is 0 Å². The predicted molar refractivity (Wildman–Crippen MR) is 58.5 cm³/mol. The van der Waals surface area contributed by atoms with Crippen LogP contribution in [0, 0.1) is 0 Å². The Morgan fingerprint density at radius 3 is 2.44 bits per heavy atom. The van der Waals surface area contributed by atoms with E-state index >= 15 is 0 Å². The Labute approximate surface area is 102 Å². The summed E-state index contributed by atoms with van der Waals surface area (Å²) in [4.78, 5) is 19.6. The van der Waals surface area contributed by atoms with E-state index in [2.05, 4.69) is 9.97 Å². The van der Waals surface area contributed by atoms with E-state index in [4.69, 9.17) is 0 Å². The molecule has 1 saturated heterocycles. The first-order chi connectivity index (χ1) is 8.52. The molecule has 0 N–H and O–H groups in total. The molecule has 0 spiro atoms. The number of piperidine rings is 1. The molecule has 0 unspecified atom stereocenters. The van der Waals surface area contributed by atoms with Gasteiger partial charge in [0.15, 0.2) is 12.0 Å². The first kappa shape index (κ1) is 12.8. The van der Waals surface area contributed by atoms with Crippen molar-refractivity contribution in [3.05, 3.63) is 17.5 Å². The molecule has 4 nitrogen and oxygen atoms in total. The number of anilines is 1. The summed E-state index contributed by atoms with van der Waals surface area (Å²) in [7, 11) is 0. The van der Waals surface area contributed by atoms with Gasteiger partial charge in [-0.05, 0) is 19.3 Å². The summed E-state index contributed by atoms with van der Waals surface area (Å²) < 4.78 is 38.1. The van der Waals surface area contributed by atoms with Crippen LogP contribution in [0.15, 0.2) is 6.20 Å². The summed E-state index contributed by atoms with van der Waals surface area (Å²) in [5.41, 5.74) is -1.68. The highest BCUT2D eigenvalue weighted by Gasteiger charge is 2.36. The van der Waals surface area contributed by atoms with E-state index in [1.54, 1.807) is 4.90 Å². The lowest BCUT2D eigenvalue weighted by molar-refractivity contribution is -0.141. The number of aldehydes is 1. The molecular formula is C11H12F3N3O. The molecule has 0 radical (unpaired) electrons. The van der Waals surface area contributed by atoms with Gasteiger partial charge in [0.25, 0.3) is 0 Å². The molecular weight excluding hydrogens is 247 g/mol. The van der Waals surface area contributed by atoms with Crippen molar-refractivity contribution >= 4 is 12.2 Å². The molecule has 18 heavy (non-hydrogen) atoms. The molecule has 1 aromatic heterocycles. The molecule has 2 heterocycles. The molecule has 7 heteroatoms. The maximum absolute atomic E-state index is 12.7. The first-order valence-corrected chi connectivity index (χ1v) is 5.67. The minimum atomic E-state index is -4.64. The third-order valence-corrected chi connectivity index (χ3v) is 2.84. The number of carbonyl (C=O) groups excluding carboxylic acids is 1. The normalized spacial score (nSPS) is 16.7. The van der Waals surface area contributed by atoms with Crippen LogP contribution in [-0.4, -0.2) is 29.3 Å². The third kappa shape index (κ3) is 2.60. The van der Waals surface area contributed by atoms with Gasteiger partial charge in [0, 0.05) is 19.3 Å². The highest BCUT2D eigenvalue weighted by molar-refractivity contribution is 5.76. The number of rotatable bonds is 2. The topological polar surface area (TPSA) is 46.1 Å². The summed E-state index contributed by atoms with van der Waals surface area (Å²) in [5, 5.41) is 0. The number of nitrogens with zero attached hydrogens (tertiary/aromatic N) is 3. The van der Waals surface area contributed by atoms with Gasteiger partial charge in [0.2, 0.25) is 5.95 Å². The van der Waals surface area contributed by atoms with Crippen molar-refractivity contribution in [3.8, 4) is 0 Å². The number of alkyl halides is 3. The lowest BCUT2D eigenvalue weighted by Crippen LogP contribution is -2.31. The van der Waals surface area contributed by atoms with E-state index in [-0.39, 0.29) is 12.2 Å². The van der Waals surface area contributed by atoms with Crippen LogP contribution in [0.5, 0.6) is 0 Å². The largest absolute Gasteiger partial charge is 0.434 e. The van der Waals surface area contributed by atoms with Gasteiger partial charge in [-0.25, -0.2) is 9.97 Å². The zero-order chi connectivity index (χ0) is 13.2. The molecule has 98 valence electrons. The third-order valence-electron chi connectivity index (χ3n) is 2.84. The fraction of sp³-hybridized carbons (Fsp3) is 0.545. The molecule has 0 aliphatic carbocycles. The van der Waals surface area contributed by atoms with Gasteiger partial charge in [-0.3, -0.25) is 4.79 Å². The van der Waals surface area contributed by atoms with Gasteiger partial charge in [0.1, 0.15) is 0 Å². The smallest absolute Gasteiger partial charge is 0.341 e. The van der Waals surface area contributed by atoms with Gasteiger partial charge in [-0.15, -0.1) is 0 Å². The number of hydrogen-bond acceptors (Lipinski definition) is 4. The van der Waals surface area contributed by atoms with Crippen molar-refractivity contribution in [2.45, 2.75) is 25.4 Å². The zero-order valence-corrected chi connectivity index (χ0v) is 9.57. The van der Waals surface area contributed by atoms with Crippen LogP contribution in [0.1, 0.15) is 35.3 Å². The molecule has 0 atom stereocenters. The molecule has 1 aliphatic rings. The van der Waals surface area contributed by atoms with Crippen molar-refractivity contribution in [1.29, 1.82) is 0 Å². The van der Waals surface area contributed by atoms with Crippen LogP contribution in [0.2, 0.25) is 0 Å². The van der Waals surface area contributed by atoms with Crippen molar-refractivity contribution < 1.29 is 18.0 Å². The average Bonchev–Trinajstić information content (AvgIpc) is 2.38. The van der Waals surface area contributed by atoms with E-state index in [0.29, 0.717) is 13.1 Å². The molecule has 0 saturated carbocycles. The second-order valence-corrected chi connectivity index (χ2v) is 4.14. The Morgan fingerprint density at radius 1 is 1.22 bits per heavy atom. The zero-order valence-electron chi connectivity index (χ0n) is 9.57. The predicted octanol–water partition coefficient (Wildman–Crippen LogP) is 2.30. The monoisotopic (exact) mass is 259 g/mol. The fourth-order valence-electron chi connectivity index (χ4n) is 1.94. The number of hydrogen-bond donors (Lipinski definition) is 0. The van der Waals surface area contributed by atoms with E-state index in [0.717, 1.165) is 25.5 Å². The van der Waals surface area contributed by atoms with Gasteiger partial charge in [-0.2, -0.15) is 13.2 Å². The maximum Gasteiger partial charge on any atom is 0.434 e. The maximum atomic E-state index is 12.7. The van der Waals surface area contributed by atoms with Crippen LogP contribution < -0.4 is 4.90 Å². The van der Waals surface area contributed by atoms with Crippen LogP contribution in [0.4, 0.5) is 19.1 Å². The minimum absolute atomic E-state index is 0.0487. The quantitative estimate of drug-likeness (QED) is 0.764. The molecule has 1 aromatic rings. The van der Waals surface area contributed by atoms with Crippen molar-refractivity contribution in [1.82, 2.24) is 9.97 Å². The highest BCUT2D eigenvalue weighted by atomic mass is 19.4. The number of halogens is 3. The summed E-state index contributed by atoms with van der Waals surface area (Å²) in [6, 6.07) is 0. The van der Waals surface area contributed by atoms with Crippen molar-refractivity contribution in [3.63, 3.8) is 0 Å². The average molecular weight is 259 g/mol. The lowest BCUT2D eigenvalue weighted by Gasteiger charge is -2.27. The SMILES string of the molecule is O=Cc1cnc(N2CCCCC2)nc1C(F)(F)F. The molecule has 1 fully saturated rings. The van der Waals surface area contributed by atoms with Crippen LogP contribution >= 0.6 is 0 Å². The Morgan fingerprint density at radius 2 is 1.89 bits per heavy atom. The lowest BCUT2D eigenvalue weighted by atomic mass is 10.1. The first-order valence-electron chi connectivity index (χ1n) is 5.67. The molecule has 1 aliphatic heterocycles. The highest BCUT2D eigenvalue weighted by Crippen LogP contribution is 2.30. The Balaban J connectivity index is 2.36. The van der Waals surface area contributed by atoms with Gasteiger partial charge in [-0.1, -0.05) is 0 Å². The standard InChI is InChI=1S/C11H12F3N3O/c12-11(13,14)9-8(7-18)6-15-10(16-9)17-4-2-1-3-5-17/h6-7H,1-5H2. The van der Waals surface area contributed by atoms with E-state index < -0.39 is 17.4 Å². The summed E-state index contributed by atoms with van der Waals surface area (Å²) in [5.74, 6) is 0.0487. The molecule has 0 amide bonds. The second-order valence-electron chi connectivity index (χ2n) is 4.14. The van der Waals surface area contributed by atoms with Crippen LogP contribution in [0.3, 0.4) is 0 Å². The van der Waals surface area contributed by atoms with E-state index in [1.165, 1.54) is 0 Å². The van der Waals surface area contributed by atoms with Gasteiger partial charge >= 0.3 is 6.18 Å². The molecule has 0 aromatic carbocycles. The number of carbonyl (C=O) groups is 1.